The molecular formula is C21H23FN2O4. The van der Waals surface area contributed by atoms with Crippen LogP contribution in [0, 0.1) is 11.7 Å². The summed E-state index contributed by atoms with van der Waals surface area (Å²) in [5, 5.41) is 5.23. The molecule has 0 aromatic heterocycles. The van der Waals surface area contributed by atoms with E-state index in [1.165, 1.54) is 19.1 Å². The standard InChI is InChI=1S/C21H23FN2O4/c1-13(2)18(24-20(26)15-9-11-16(22)12-10-15)21(27)28-14(3)19(25)23-17-7-5-4-6-8-17/h4-14,18H,1-3H3,(H,23,25)(H,24,26)/t14-,18-/m0/s1. The molecule has 0 heterocycles. The summed E-state index contributed by atoms with van der Waals surface area (Å²) in [6.45, 7) is 4.94. The number of anilines is 1. The monoisotopic (exact) mass is 386 g/mol. The Hall–Kier alpha value is -3.22. The van der Waals surface area contributed by atoms with Gasteiger partial charge in [0, 0.05) is 11.3 Å². The molecular weight excluding hydrogens is 363 g/mol. The third-order valence-electron chi connectivity index (χ3n) is 4.02. The number of halogens is 1. The van der Waals surface area contributed by atoms with Crippen LogP contribution >= 0.6 is 0 Å². The van der Waals surface area contributed by atoms with Crippen LogP contribution in [0.15, 0.2) is 54.6 Å². The summed E-state index contributed by atoms with van der Waals surface area (Å²) in [5.41, 5.74) is 0.801. The molecule has 2 amide bonds. The van der Waals surface area contributed by atoms with Gasteiger partial charge in [0.1, 0.15) is 11.9 Å². The number of hydrogen-bond acceptors (Lipinski definition) is 4. The van der Waals surface area contributed by atoms with Crippen LogP contribution in [0.25, 0.3) is 0 Å². The Kier molecular flexibility index (Phi) is 7.26. The van der Waals surface area contributed by atoms with Gasteiger partial charge < -0.3 is 15.4 Å². The Labute approximate surface area is 163 Å². The first-order chi connectivity index (χ1) is 13.3. The van der Waals surface area contributed by atoms with Crippen LogP contribution < -0.4 is 10.6 Å². The van der Waals surface area contributed by atoms with E-state index in [9.17, 15) is 18.8 Å². The van der Waals surface area contributed by atoms with Gasteiger partial charge in [0.25, 0.3) is 11.8 Å². The lowest BCUT2D eigenvalue weighted by atomic mass is 10.0. The minimum atomic E-state index is -1.04. The van der Waals surface area contributed by atoms with Crippen molar-refractivity contribution in [3.63, 3.8) is 0 Å². The molecule has 0 fully saturated rings. The highest BCUT2D eigenvalue weighted by Crippen LogP contribution is 2.11. The van der Waals surface area contributed by atoms with Crippen molar-refractivity contribution < 1.29 is 23.5 Å². The van der Waals surface area contributed by atoms with Gasteiger partial charge in [-0.05, 0) is 49.2 Å². The SMILES string of the molecule is CC(C)[C@H](NC(=O)c1ccc(F)cc1)C(=O)O[C@@H](C)C(=O)Nc1ccccc1. The minimum absolute atomic E-state index is 0.217. The Morgan fingerprint density at radius 2 is 1.54 bits per heavy atom. The number of esters is 1. The molecule has 6 nitrogen and oxygen atoms in total. The van der Waals surface area contributed by atoms with E-state index in [1.54, 1.807) is 38.1 Å². The third kappa shape index (κ3) is 5.90. The first kappa shape index (κ1) is 21.1. The van der Waals surface area contributed by atoms with E-state index in [1.807, 2.05) is 6.07 Å². The van der Waals surface area contributed by atoms with Crippen LogP contribution in [0.1, 0.15) is 31.1 Å². The van der Waals surface area contributed by atoms with Crippen LogP contribution in [0.2, 0.25) is 0 Å². The highest BCUT2D eigenvalue weighted by molar-refractivity contribution is 5.98. The molecule has 2 aromatic rings. The van der Waals surface area contributed by atoms with E-state index in [0.29, 0.717) is 5.69 Å². The van der Waals surface area contributed by atoms with Gasteiger partial charge in [0.15, 0.2) is 6.10 Å². The molecule has 2 N–H and O–H groups in total. The lowest BCUT2D eigenvalue weighted by molar-refractivity contribution is -0.156. The summed E-state index contributed by atoms with van der Waals surface area (Å²) >= 11 is 0. The van der Waals surface area contributed by atoms with Crippen molar-refractivity contribution in [3.8, 4) is 0 Å². The molecule has 0 aliphatic carbocycles. The lowest BCUT2D eigenvalue weighted by Gasteiger charge is -2.23. The van der Waals surface area contributed by atoms with Crippen LogP contribution in [-0.2, 0) is 14.3 Å². The molecule has 0 saturated heterocycles. The Balaban J connectivity index is 1.98. The molecule has 0 radical (unpaired) electrons. The first-order valence-electron chi connectivity index (χ1n) is 8.90. The predicted octanol–water partition coefficient (Wildman–Crippen LogP) is 3.15. The van der Waals surface area contributed by atoms with Gasteiger partial charge in [-0.3, -0.25) is 9.59 Å². The number of amides is 2. The second kappa shape index (κ2) is 9.64. The second-order valence-corrected chi connectivity index (χ2v) is 6.64. The normalized spacial score (nSPS) is 12.8. The van der Waals surface area contributed by atoms with Gasteiger partial charge in [-0.2, -0.15) is 0 Å². The van der Waals surface area contributed by atoms with Gasteiger partial charge in [-0.25, -0.2) is 9.18 Å². The van der Waals surface area contributed by atoms with Crippen molar-refractivity contribution in [2.24, 2.45) is 5.92 Å². The lowest BCUT2D eigenvalue weighted by Crippen LogP contribution is -2.47. The summed E-state index contributed by atoms with van der Waals surface area (Å²) in [4.78, 5) is 37.0. The Bertz CT molecular complexity index is 822. The average molecular weight is 386 g/mol. The van der Waals surface area contributed by atoms with Crippen molar-refractivity contribution in [1.82, 2.24) is 5.32 Å². The molecule has 2 rings (SSSR count). The largest absolute Gasteiger partial charge is 0.451 e. The van der Waals surface area contributed by atoms with Crippen molar-refractivity contribution in [3.05, 3.63) is 66.0 Å². The number of benzene rings is 2. The summed E-state index contributed by atoms with van der Waals surface area (Å²) in [6, 6.07) is 12.8. The fourth-order valence-electron chi connectivity index (χ4n) is 2.39. The topological polar surface area (TPSA) is 84.5 Å². The van der Waals surface area contributed by atoms with E-state index in [-0.39, 0.29) is 11.5 Å². The molecule has 0 unspecified atom stereocenters. The summed E-state index contributed by atoms with van der Waals surface area (Å²) in [5.74, 6) is -2.47. The molecule has 2 atom stereocenters. The molecule has 148 valence electrons. The molecule has 0 bridgehead atoms. The highest BCUT2D eigenvalue weighted by Gasteiger charge is 2.29. The van der Waals surface area contributed by atoms with Crippen molar-refractivity contribution in [2.45, 2.75) is 32.9 Å². The maximum atomic E-state index is 13.0. The number of carbonyl (C=O) groups excluding carboxylic acids is 3. The van der Waals surface area contributed by atoms with Crippen molar-refractivity contribution in [1.29, 1.82) is 0 Å². The van der Waals surface area contributed by atoms with Gasteiger partial charge in [-0.15, -0.1) is 0 Å². The van der Waals surface area contributed by atoms with E-state index >= 15 is 0 Å². The van der Waals surface area contributed by atoms with Gasteiger partial charge in [0.05, 0.1) is 0 Å². The number of para-hydroxylation sites is 1. The zero-order valence-corrected chi connectivity index (χ0v) is 15.9. The maximum absolute atomic E-state index is 13.0. The van der Waals surface area contributed by atoms with E-state index < -0.39 is 35.7 Å². The van der Waals surface area contributed by atoms with E-state index in [4.69, 9.17) is 4.74 Å². The number of hydrogen-bond donors (Lipinski definition) is 2. The predicted molar refractivity (Wildman–Crippen MR) is 103 cm³/mol. The minimum Gasteiger partial charge on any atom is -0.451 e. The van der Waals surface area contributed by atoms with E-state index in [2.05, 4.69) is 10.6 Å². The summed E-state index contributed by atoms with van der Waals surface area (Å²) < 4.78 is 18.2. The van der Waals surface area contributed by atoms with Crippen LogP contribution in [0.3, 0.4) is 0 Å². The average Bonchev–Trinajstić information content (AvgIpc) is 2.66. The van der Waals surface area contributed by atoms with Crippen molar-refractivity contribution >= 4 is 23.5 Å². The van der Waals surface area contributed by atoms with E-state index in [0.717, 1.165) is 12.1 Å². The third-order valence-corrected chi connectivity index (χ3v) is 4.02. The maximum Gasteiger partial charge on any atom is 0.329 e. The summed E-state index contributed by atoms with van der Waals surface area (Å²) in [6.07, 6.45) is -1.04. The first-order valence-corrected chi connectivity index (χ1v) is 8.90. The quantitative estimate of drug-likeness (QED) is 0.716. The Morgan fingerprint density at radius 3 is 2.11 bits per heavy atom. The fraction of sp³-hybridized carbons (Fsp3) is 0.286. The molecule has 0 aliphatic rings. The van der Waals surface area contributed by atoms with Gasteiger partial charge in [0.2, 0.25) is 0 Å². The molecule has 0 spiro atoms. The number of nitrogens with one attached hydrogen (secondary N) is 2. The number of ether oxygens (including phenoxy) is 1. The molecule has 0 aliphatic heterocycles. The van der Waals surface area contributed by atoms with Crippen LogP contribution in [-0.4, -0.2) is 29.9 Å². The smallest absolute Gasteiger partial charge is 0.329 e. The van der Waals surface area contributed by atoms with Crippen LogP contribution in [0.4, 0.5) is 10.1 Å². The zero-order chi connectivity index (χ0) is 20.7. The molecule has 0 saturated carbocycles. The van der Waals surface area contributed by atoms with Crippen molar-refractivity contribution in [2.75, 3.05) is 5.32 Å². The fourth-order valence-corrected chi connectivity index (χ4v) is 2.39. The Morgan fingerprint density at radius 1 is 0.929 bits per heavy atom. The van der Waals surface area contributed by atoms with Crippen LogP contribution in [0.5, 0.6) is 0 Å². The second-order valence-electron chi connectivity index (χ2n) is 6.64. The van der Waals surface area contributed by atoms with Gasteiger partial charge in [-0.1, -0.05) is 32.0 Å². The zero-order valence-electron chi connectivity index (χ0n) is 15.9. The number of carbonyl (C=O) groups is 3. The van der Waals surface area contributed by atoms with Gasteiger partial charge >= 0.3 is 5.97 Å². The molecule has 7 heteroatoms. The highest BCUT2D eigenvalue weighted by atomic mass is 19.1. The molecule has 28 heavy (non-hydrogen) atoms. The number of rotatable bonds is 7. The molecule has 2 aromatic carbocycles. The summed E-state index contributed by atoms with van der Waals surface area (Å²) in [7, 11) is 0.